The molecule has 2 aliphatic rings. The lowest BCUT2D eigenvalue weighted by Gasteiger charge is -2.35. The van der Waals surface area contributed by atoms with Crippen molar-refractivity contribution < 1.29 is 9.90 Å². The quantitative estimate of drug-likeness (QED) is 0.802. The van der Waals surface area contributed by atoms with E-state index in [1.54, 1.807) is 0 Å². The van der Waals surface area contributed by atoms with Crippen LogP contribution in [-0.4, -0.2) is 47.7 Å². The molecule has 1 aliphatic heterocycles. The largest absolute Gasteiger partial charge is 0.481 e. The molecule has 1 aliphatic carbocycles. The summed E-state index contributed by atoms with van der Waals surface area (Å²) in [5.41, 5.74) is 0. The summed E-state index contributed by atoms with van der Waals surface area (Å²) >= 11 is 0. The summed E-state index contributed by atoms with van der Waals surface area (Å²) in [6, 6.07) is 1.21. The van der Waals surface area contributed by atoms with Crippen molar-refractivity contribution in [2.75, 3.05) is 19.6 Å². The minimum Gasteiger partial charge on any atom is -0.481 e. The molecule has 0 bridgehead atoms. The average molecular weight is 254 g/mol. The van der Waals surface area contributed by atoms with Crippen LogP contribution in [0.25, 0.3) is 0 Å². The minimum atomic E-state index is -0.607. The van der Waals surface area contributed by atoms with Crippen LogP contribution < -0.4 is 5.32 Å². The Bertz CT molecular complexity index is 267. The highest BCUT2D eigenvalue weighted by atomic mass is 16.4. The highest BCUT2D eigenvalue weighted by Crippen LogP contribution is 2.25. The van der Waals surface area contributed by atoms with Crippen molar-refractivity contribution >= 4 is 5.97 Å². The van der Waals surface area contributed by atoms with Crippen molar-refractivity contribution in [2.45, 2.75) is 57.5 Å². The number of nitrogens with zero attached hydrogens (tertiary/aromatic N) is 1. The molecule has 0 amide bonds. The van der Waals surface area contributed by atoms with Crippen molar-refractivity contribution in [3.63, 3.8) is 0 Å². The van der Waals surface area contributed by atoms with Gasteiger partial charge in [-0.05, 0) is 58.2 Å². The molecule has 104 valence electrons. The lowest BCUT2D eigenvalue weighted by Crippen LogP contribution is -2.47. The monoisotopic (exact) mass is 254 g/mol. The molecule has 2 N–H and O–H groups in total. The maximum Gasteiger partial charge on any atom is 0.306 e. The maximum atomic E-state index is 10.9. The SMILES string of the molecule is CCN1CCC(NC2CCC(C(=O)O)CC2)CC1. The molecular weight excluding hydrogens is 228 g/mol. The van der Waals surface area contributed by atoms with E-state index in [-0.39, 0.29) is 5.92 Å². The zero-order valence-corrected chi connectivity index (χ0v) is 11.4. The standard InChI is InChI=1S/C14H26N2O2/c1-2-16-9-7-13(8-10-16)15-12-5-3-11(4-6-12)14(17)18/h11-13,15H,2-10H2,1H3,(H,17,18). The van der Waals surface area contributed by atoms with Gasteiger partial charge in [0, 0.05) is 12.1 Å². The van der Waals surface area contributed by atoms with Gasteiger partial charge in [0.25, 0.3) is 0 Å². The van der Waals surface area contributed by atoms with Crippen molar-refractivity contribution in [3.05, 3.63) is 0 Å². The Morgan fingerprint density at radius 1 is 1.11 bits per heavy atom. The number of piperidine rings is 1. The van der Waals surface area contributed by atoms with Crippen molar-refractivity contribution in [1.29, 1.82) is 0 Å². The van der Waals surface area contributed by atoms with Gasteiger partial charge in [-0.25, -0.2) is 0 Å². The second-order valence-electron chi connectivity index (χ2n) is 5.76. The number of hydrogen-bond acceptors (Lipinski definition) is 3. The Hall–Kier alpha value is -0.610. The number of carboxylic acids is 1. The molecule has 2 rings (SSSR count). The van der Waals surface area contributed by atoms with Gasteiger partial charge in [-0.2, -0.15) is 0 Å². The van der Waals surface area contributed by atoms with Gasteiger partial charge in [0.15, 0.2) is 0 Å². The Balaban J connectivity index is 1.67. The summed E-state index contributed by atoms with van der Waals surface area (Å²) in [6.45, 7) is 5.80. The lowest BCUT2D eigenvalue weighted by molar-refractivity contribution is -0.142. The third-order valence-electron chi connectivity index (χ3n) is 4.58. The number of rotatable bonds is 4. The number of carbonyl (C=O) groups is 1. The average Bonchev–Trinajstić information content (AvgIpc) is 2.40. The predicted molar refractivity (Wildman–Crippen MR) is 71.7 cm³/mol. The van der Waals surface area contributed by atoms with E-state index in [9.17, 15) is 4.79 Å². The lowest BCUT2D eigenvalue weighted by atomic mass is 9.85. The van der Waals surface area contributed by atoms with E-state index < -0.39 is 5.97 Å². The summed E-state index contributed by atoms with van der Waals surface area (Å²) in [7, 11) is 0. The van der Waals surface area contributed by atoms with Crippen LogP contribution >= 0.6 is 0 Å². The fraction of sp³-hybridized carbons (Fsp3) is 0.929. The molecule has 0 unspecified atom stereocenters. The third-order valence-corrected chi connectivity index (χ3v) is 4.58. The molecule has 0 aromatic heterocycles. The van der Waals surface area contributed by atoms with Crippen LogP contribution in [0, 0.1) is 5.92 Å². The van der Waals surface area contributed by atoms with Crippen LogP contribution in [0.2, 0.25) is 0 Å². The van der Waals surface area contributed by atoms with E-state index in [2.05, 4.69) is 17.1 Å². The molecule has 1 saturated heterocycles. The molecule has 0 aromatic rings. The first-order chi connectivity index (χ1) is 8.69. The molecule has 2 fully saturated rings. The maximum absolute atomic E-state index is 10.9. The highest BCUT2D eigenvalue weighted by molar-refractivity contribution is 5.70. The van der Waals surface area contributed by atoms with Crippen LogP contribution in [0.3, 0.4) is 0 Å². The van der Waals surface area contributed by atoms with E-state index in [0.29, 0.717) is 12.1 Å². The number of carboxylic acid groups (broad SMARTS) is 1. The second-order valence-corrected chi connectivity index (χ2v) is 5.76. The van der Waals surface area contributed by atoms with Gasteiger partial charge in [0.2, 0.25) is 0 Å². The zero-order chi connectivity index (χ0) is 13.0. The molecule has 1 saturated carbocycles. The van der Waals surface area contributed by atoms with Crippen LogP contribution in [-0.2, 0) is 4.79 Å². The van der Waals surface area contributed by atoms with Crippen LogP contribution in [0.4, 0.5) is 0 Å². The van der Waals surface area contributed by atoms with Gasteiger partial charge >= 0.3 is 5.97 Å². The van der Waals surface area contributed by atoms with E-state index in [1.165, 1.54) is 25.9 Å². The van der Waals surface area contributed by atoms with Gasteiger partial charge in [-0.15, -0.1) is 0 Å². The normalized spacial score (nSPS) is 31.4. The summed E-state index contributed by atoms with van der Waals surface area (Å²) in [6.07, 6.45) is 6.25. The Morgan fingerprint density at radius 3 is 2.17 bits per heavy atom. The van der Waals surface area contributed by atoms with Crippen LogP contribution in [0.1, 0.15) is 45.4 Å². The van der Waals surface area contributed by atoms with Gasteiger partial charge in [-0.3, -0.25) is 4.79 Å². The molecule has 0 atom stereocenters. The molecule has 0 aromatic carbocycles. The van der Waals surface area contributed by atoms with Crippen molar-refractivity contribution in [1.82, 2.24) is 10.2 Å². The van der Waals surface area contributed by atoms with Gasteiger partial charge in [0.05, 0.1) is 5.92 Å². The molecule has 1 heterocycles. The molecule has 4 heteroatoms. The molecule has 0 radical (unpaired) electrons. The predicted octanol–water partition coefficient (Wildman–Crippen LogP) is 1.70. The number of hydrogen-bond donors (Lipinski definition) is 2. The van der Waals surface area contributed by atoms with E-state index in [0.717, 1.165) is 32.2 Å². The minimum absolute atomic E-state index is 0.0926. The Morgan fingerprint density at radius 2 is 1.67 bits per heavy atom. The van der Waals surface area contributed by atoms with Crippen molar-refractivity contribution in [2.24, 2.45) is 5.92 Å². The smallest absolute Gasteiger partial charge is 0.306 e. The van der Waals surface area contributed by atoms with Gasteiger partial charge in [-0.1, -0.05) is 6.92 Å². The topological polar surface area (TPSA) is 52.6 Å². The molecular formula is C14H26N2O2. The van der Waals surface area contributed by atoms with Gasteiger partial charge in [0.1, 0.15) is 0 Å². The van der Waals surface area contributed by atoms with E-state index >= 15 is 0 Å². The first-order valence-corrected chi connectivity index (χ1v) is 7.40. The summed E-state index contributed by atoms with van der Waals surface area (Å²) < 4.78 is 0. The van der Waals surface area contributed by atoms with Crippen molar-refractivity contribution in [3.8, 4) is 0 Å². The Labute approximate surface area is 110 Å². The first-order valence-electron chi connectivity index (χ1n) is 7.40. The number of nitrogens with one attached hydrogen (secondary N) is 1. The number of aliphatic carboxylic acids is 1. The fourth-order valence-electron chi connectivity index (χ4n) is 3.26. The fourth-order valence-corrected chi connectivity index (χ4v) is 3.26. The molecule has 0 spiro atoms. The van der Waals surface area contributed by atoms with E-state index in [4.69, 9.17) is 5.11 Å². The van der Waals surface area contributed by atoms with Crippen LogP contribution in [0.5, 0.6) is 0 Å². The summed E-state index contributed by atoms with van der Waals surface area (Å²) in [5.74, 6) is -0.699. The zero-order valence-electron chi connectivity index (χ0n) is 11.4. The van der Waals surface area contributed by atoms with Gasteiger partial charge < -0.3 is 15.3 Å². The summed E-state index contributed by atoms with van der Waals surface area (Å²) in [4.78, 5) is 13.4. The number of likely N-dealkylation sites (tertiary alicyclic amines) is 1. The van der Waals surface area contributed by atoms with E-state index in [1.807, 2.05) is 0 Å². The highest BCUT2D eigenvalue weighted by Gasteiger charge is 2.28. The molecule has 18 heavy (non-hydrogen) atoms. The third kappa shape index (κ3) is 3.69. The van der Waals surface area contributed by atoms with Crippen LogP contribution in [0.15, 0.2) is 0 Å². The second kappa shape index (κ2) is 6.53. The Kier molecular flexibility index (Phi) is 5.01. The summed E-state index contributed by atoms with van der Waals surface area (Å²) in [5, 5.41) is 12.7. The molecule has 4 nitrogen and oxygen atoms in total. The first kappa shape index (κ1) is 13.8.